The van der Waals surface area contributed by atoms with Gasteiger partial charge in [0, 0.05) is 31.1 Å². The van der Waals surface area contributed by atoms with Crippen molar-refractivity contribution >= 4 is 40.6 Å². The summed E-state index contributed by atoms with van der Waals surface area (Å²) < 4.78 is 0. The zero-order valence-electron chi connectivity index (χ0n) is 15.2. The van der Waals surface area contributed by atoms with E-state index >= 15 is 0 Å². The zero-order valence-corrected chi connectivity index (χ0v) is 16.7. The second kappa shape index (κ2) is 8.80. The van der Waals surface area contributed by atoms with Gasteiger partial charge in [0.1, 0.15) is 0 Å². The van der Waals surface area contributed by atoms with E-state index in [4.69, 9.17) is 11.6 Å². The summed E-state index contributed by atoms with van der Waals surface area (Å²) >= 11 is 7.84. The zero-order chi connectivity index (χ0) is 18.5. The first-order valence-electron chi connectivity index (χ1n) is 8.83. The van der Waals surface area contributed by atoms with Crippen molar-refractivity contribution in [1.29, 1.82) is 0 Å². The van der Waals surface area contributed by atoms with Crippen molar-refractivity contribution in [2.45, 2.75) is 11.8 Å². The quantitative estimate of drug-likeness (QED) is 0.766. The Labute approximate surface area is 164 Å². The van der Waals surface area contributed by atoms with Gasteiger partial charge in [0.25, 0.3) is 5.91 Å². The monoisotopic (exact) mass is 389 g/mol. The molecule has 0 bridgehead atoms. The standard InChI is InChI=1S/C20H24ClN3OS/c1-3-23-10-12-24(13-11-23)19-7-5-4-6-18(19)22-20(25)16-14-15(26-2)8-9-17(16)21/h4-9,14H,3,10-13H2,1-2H3,(H,22,25). The molecule has 138 valence electrons. The Kier molecular flexibility index (Phi) is 6.46. The van der Waals surface area contributed by atoms with Crippen molar-refractivity contribution in [2.24, 2.45) is 0 Å². The molecule has 0 atom stereocenters. The van der Waals surface area contributed by atoms with Gasteiger partial charge in [-0.1, -0.05) is 30.7 Å². The molecule has 6 heteroatoms. The fourth-order valence-corrected chi connectivity index (χ4v) is 3.80. The van der Waals surface area contributed by atoms with Crippen molar-refractivity contribution in [3.8, 4) is 0 Å². The van der Waals surface area contributed by atoms with E-state index in [1.165, 1.54) is 0 Å². The number of anilines is 2. The van der Waals surface area contributed by atoms with Crippen LogP contribution < -0.4 is 10.2 Å². The molecule has 3 rings (SSSR count). The molecule has 1 heterocycles. The highest BCUT2D eigenvalue weighted by Crippen LogP contribution is 2.29. The SMILES string of the molecule is CCN1CCN(c2ccccc2NC(=O)c2cc(SC)ccc2Cl)CC1. The molecule has 0 radical (unpaired) electrons. The Bertz CT molecular complexity index is 775. The van der Waals surface area contributed by atoms with E-state index in [0.29, 0.717) is 10.6 Å². The van der Waals surface area contributed by atoms with Crippen LogP contribution >= 0.6 is 23.4 Å². The van der Waals surface area contributed by atoms with Crippen LogP contribution in [0.25, 0.3) is 0 Å². The number of halogens is 1. The van der Waals surface area contributed by atoms with Gasteiger partial charge in [-0.05, 0) is 43.1 Å². The molecule has 0 aromatic heterocycles. The average Bonchev–Trinajstić information content (AvgIpc) is 2.69. The van der Waals surface area contributed by atoms with Gasteiger partial charge in [0.2, 0.25) is 0 Å². The number of nitrogens with one attached hydrogen (secondary N) is 1. The largest absolute Gasteiger partial charge is 0.367 e. The van der Waals surface area contributed by atoms with Crippen molar-refractivity contribution in [3.63, 3.8) is 0 Å². The summed E-state index contributed by atoms with van der Waals surface area (Å²) in [5.41, 5.74) is 2.39. The molecule has 1 N–H and O–H groups in total. The highest BCUT2D eigenvalue weighted by Gasteiger charge is 2.19. The van der Waals surface area contributed by atoms with Gasteiger partial charge in [0.15, 0.2) is 0 Å². The number of benzene rings is 2. The predicted molar refractivity (Wildman–Crippen MR) is 112 cm³/mol. The van der Waals surface area contributed by atoms with Crippen molar-refractivity contribution in [2.75, 3.05) is 49.2 Å². The third-order valence-electron chi connectivity index (χ3n) is 4.73. The van der Waals surface area contributed by atoms with Gasteiger partial charge >= 0.3 is 0 Å². The van der Waals surface area contributed by atoms with Crippen LogP contribution in [-0.4, -0.2) is 49.8 Å². The minimum Gasteiger partial charge on any atom is -0.367 e. The van der Waals surface area contributed by atoms with E-state index in [-0.39, 0.29) is 5.91 Å². The second-order valence-corrected chi connectivity index (χ2v) is 7.53. The Morgan fingerprint density at radius 3 is 2.58 bits per heavy atom. The van der Waals surface area contributed by atoms with E-state index in [2.05, 4.69) is 28.1 Å². The predicted octanol–water partition coefficient (Wildman–Crippen LogP) is 4.46. The lowest BCUT2D eigenvalue weighted by atomic mass is 10.1. The van der Waals surface area contributed by atoms with E-state index < -0.39 is 0 Å². The summed E-state index contributed by atoms with van der Waals surface area (Å²) in [5.74, 6) is -0.175. The van der Waals surface area contributed by atoms with Gasteiger partial charge < -0.3 is 15.1 Å². The fourth-order valence-electron chi connectivity index (χ4n) is 3.16. The summed E-state index contributed by atoms with van der Waals surface area (Å²) in [6, 6.07) is 13.5. The maximum atomic E-state index is 12.8. The topological polar surface area (TPSA) is 35.6 Å². The molecule has 1 amide bonds. The molecule has 0 unspecified atom stereocenters. The molecule has 1 fully saturated rings. The fraction of sp³-hybridized carbons (Fsp3) is 0.350. The molecule has 1 saturated heterocycles. The Balaban J connectivity index is 1.79. The third kappa shape index (κ3) is 4.34. The second-order valence-electron chi connectivity index (χ2n) is 6.24. The molecule has 4 nitrogen and oxygen atoms in total. The number of carbonyl (C=O) groups is 1. The maximum absolute atomic E-state index is 12.8. The Morgan fingerprint density at radius 2 is 1.88 bits per heavy atom. The summed E-state index contributed by atoms with van der Waals surface area (Å²) in [6.07, 6.45) is 1.98. The van der Waals surface area contributed by atoms with Crippen LogP contribution in [0.1, 0.15) is 17.3 Å². The molecule has 0 spiro atoms. The molecule has 1 aliphatic heterocycles. The van der Waals surface area contributed by atoms with E-state index in [9.17, 15) is 4.79 Å². The van der Waals surface area contributed by atoms with Crippen LogP contribution in [0, 0.1) is 0 Å². The molecular weight excluding hydrogens is 366 g/mol. The van der Waals surface area contributed by atoms with Crippen LogP contribution in [0.4, 0.5) is 11.4 Å². The number of nitrogens with zero attached hydrogens (tertiary/aromatic N) is 2. The first-order chi connectivity index (χ1) is 12.6. The lowest BCUT2D eigenvalue weighted by Crippen LogP contribution is -2.46. The van der Waals surface area contributed by atoms with Crippen LogP contribution in [0.2, 0.25) is 5.02 Å². The number of thioether (sulfide) groups is 1. The van der Waals surface area contributed by atoms with Crippen LogP contribution in [-0.2, 0) is 0 Å². The van der Waals surface area contributed by atoms with Gasteiger partial charge in [-0.15, -0.1) is 11.8 Å². The van der Waals surface area contributed by atoms with Gasteiger partial charge in [-0.3, -0.25) is 4.79 Å². The lowest BCUT2D eigenvalue weighted by molar-refractivity contribution is 0.102. The maximum Gasteiger partial charge on any atom is 0.257 e. The van der Waals surface area contributed by atoms with Crippen LogP contribution in [0.5, 0.6) is 0 Å². The van der Waals surface area contributed by atoms with Crippen LogP contribution in [0.15, 0.2) is 47.4 Å². The summed E-state index contributed by atoms with van der Waals surface area (Å²) in [7, 11) is 0. The number of hydrogen-bond acceptors (Lipinski definition) is 4. The van der Waals surface area contributed by atoms with Crippen molar-refractivity contribution in [1.82, 2.24) is 4.90 Å². The normalized spacial score (nSPS) is 15.1. The first kappa shape index (κ1) is 19.1. The van der Waals surface area contributed by atoms with Gasteiger partial charge in [-0.2, -0.15) is 0 Å². The number of para-hydroxylation sites is 2. The molecule has 0 aliphatic carbocycles. The Morgan fingerprint density at radius 1 is 1.15 bits per heavy atom. The molecular formula is C20H24ClN3OS. The number of amides is 1. The average molecular weight is 390 g/mol. The number of rotatable bonds is 5. The Hall–Kier alpha value is -1.69. The smallest absolute Gasteiger partial charge is 0.257 e. The molecule has 2 aromatic rings. The minimum absolute atomic E-state index is 0.175. The van der Waals surface area contributed by atoms with E-state index in [1.54, 1.807) is 17.8 Å². The summed E-state index contributed by atoms with van der Waals surface area (Å²) in [4.78, 5) is 18.6. The molecule has 1 aliphatic rings. The number of carbonyl (C=O) groups excluding carboxylic acids is 1. The number of hydrogen-bond donors (Lipinski definition) is 1. The minimum atomic E-state index is -0.175. The summed E-state index contributed by atoms with van der Waals surface area (Å²) in [6.45, 7) is 7.28. The highest BCUT2D eigenvalue weighted by molar-refractivity contribution is 7.98. The van der Waals surface area contributed by atoms with Crippen LogP contribution in [0.3, 0.4) is 0 Å². The molecule has 2 aromatic carbocycles. The van der Waals surface area contributed by atoms with E-state index in [0.717, 1.165) is 49.0 Å². The molecule has 26 heavy (non-hydrogen) atoms. The molecule has 0 saturated carbocycles. The third-order valence-corrected chi connectivity index (χ3v) is 5.79. The number of piperazine rings is 1. The lowest BCUT2D eigenvalue weighted by Gasteiger charge is -2.36. The van der Waals surface area contributed by atoms with Gasteiger partial charge in [0.05, 0.1) is 22.0 Å². The highest BCUT2D eigenvalue weighted by atomic mass is 35.5. The van der Waals surface area contributed by atoms with Crippen molar-refractivity contribution < 1.29 is 4.79 Å². The summed E-state index contributed by atoms with van der Waals surface area (Å²) in [5, 5.41) is 3.52. The van der Waals surface area contributed by atoms with E-state index in [1.807, 2.05) is 36.6 Å². The number of likely N-dealkylation sites (N-methyl/N-ethyl adjacent to an activating group) is 1. The van der Waals surface area contributed by atoms with Gasteiger partial charge in [-0.25, -0.2) is 0 Å². The first-order valence-corrected chi connectivity index (χ1v) is 10.4. The van der Waals surface area contributed by atoms with Crippen molar-refractivity contribution in [3.05, 3.63) is 53.1 Å².